The van der Waals surface area contributed by atoms with Gasteiger partial charge in [-0.25, -0.2) is 0 Å². The van der Waals surface area contributed by atoms with Gasteiger partial charge in [-0.05, 0) is 48.0 Å². The first-order valence-corrected chi connectivity index (χ1v) is 11.0. The van der Waals surface area contributed by atoms with Crippen molar-refractivity contribution in [2.75, 3.05) is 14.2 Å². The highest BCUT2D eigenvalue weighted by Gasteiger charge is 2.32. The lowest BCUT2D eigenvalue weighted by molar-refractivity contribution is -0.731. The van der Waals surface area contributed by atoms with Gasteiger partial charge >= 0.3 is 0 Å². The van der Waals surface area contributed by atoms with Crippen LogP contribution in [0.4, 0.5) is 0 Å². The van der Waals surface area contributed by atoms with Gasteiger partial charge in [0.1, 0.15) is 11.8 Å². The summed E-state index contributed by atoms with van der Waals surface area (Å²) >= 11 is 9.66. The molecule has 4 rings (SSSR count). The fourth-order valence-corrected chi connectivity index (χ4v) is 4.32. The Kier molecular flexibility index (Phi) is 6.41. The van der Waals surface area contributed by atoms with Crippen molar-refractivity contribution in [2.24, 2.45) is 0 Å². The number of methoxy groups -OCH3 is 2. The summed E-state index contributed by atoms with van der Waals surface area (Å²) < 4.78 is 11.9. The summed E-state index contributed by atoms with van der Waals surface area (Å²) in [5, 5.41) is 17.2. The number of nitrogens with one attached hydrogen (secondary N) is 1. The largest absolute Gasteiger partial charge is 0.504 e. The molecule has 160 valence electrons. The van der Waals surface area contributed by atoms with Gasteiger partial charge < -0.3 is 25.2 Å². The molecule has 4 N–H and O–H groups in total. The molecule has 1 aliphatic rings. The topological polar surface area (TPSA) is 67.3 Å². The van der Waals surface area contributed by atoms with E-state index in [1.165, 1.54) is 0 Å². The highest BCUT2D eigenvalue weighted by atomic mass is 79.9. The predicted molar refractivity (Wildman–Crippen MR) is 125 cm³/mol. The number of phenols is 1. The van der Waals surface area contributed by atoms with Crippen molar-refractivity contribution >= 4 is 33.2 Å². The van der Waals surface area contributed by atoms with Crippen LogP contribution in [0.5, 0.6) is 17.2 Å². The van der Waals surface area contributed by atoms with Gasteiger partial charge in [0.15, 0.2) is 17.7 Å². The van der Waals surface area contributed by atoms with E-state index in [2.05, 4.69) is 32.6 Å². The Morgan fingerprint density at radius 2 is 1.71 bits per heavy atom. The SMILES string of the molecule is COc1ccc(Br)cc1C1NC(c2ccc(Cl)cc2)=CC(c2cccc(OC)c2O)[NH2+]1. The number of phenolic OH excluding ortho intramolecular Hbond substituents is 1. The first kappa shape index (κ1) is 21.6. The van der Waals surface area contributed by atoms with Gasteiger partial charge in [-0.3, -0.25) is 0 Å². The molecule has 2 atom stereocenters. The van der Waals surface area contributed by atoms with E-state index in [0.717, 1.165) is 32.6 Å². The fraction of sp³-hybridized carbons (Fsp3) is 0.167. The Morgan fingerprint density at radius 3 is 2.42 bits per heavy atom. The molecular weight excluding hydrogens is 480 g/mol. The van der Waals surface area contributed by atoms with E-state index in [4.69, 9.17) is 21.1 Å². The number of para-hydroxylation sites is 1. The molecular formula is C24H23BrClN2O3+. The van der Waals surface area contributed by atoms with E-state index in [1.807, 2.05) is 54.6 Å². The average molecular weight is 503 g/mol. The van der Waals surface area contributed by atoms with Crippen molar-refractivity contribution in [3.05, 3.63) is 92.9 Å². The summed E-state index contributed by atoms with van der Waals surface area (Å²) in [5.74, 6) is 1.37. The molecule has 7 heteroatoms. The van der Waals surface area contributed by atoms with Gasteiger partial charge in [-0.15, -0.1) is 0 Å². The maximum absolute atomic E-state index is 10.8. The second-order valence-corrected chi connectivity index (χ2v) is 8.56. The van der Waals surface area contributed by atoms with Crippen molar-refractivity contribution in [2.45, 2.75) is 12.2 Å². The van der Waals surface area contributed by atoms with Crippen LogP contribution in [0.25, 0.3) is 5.70 Å². The molecule has 0 fully saturated rings. The Hall–Kier alpha value is -2.67. The number of hydrogen-bond donors (Lipinski definition) is 3. The molecule has 3 aromatic carbocycles. The number of rotatable bonds is 5. The minimum atomic E-state index is -0.157. The first-order valence-electron chi connectivity index (χ1n) is 9.78. The smallest absolute Gasteiger partial charge is 0.190 e. The number of benzene rings is 3. The third-order valence-electron chi connectivity index (χ3n) is 5.35. The summed E-state index contributed by atoms with van der Waals surface area (Å²) in [7, 11) is 3.21. The number of hydrogen-bond acceptors (Lipinski definition) is 4. The van der Waals surface area contributed by atoms with Gasteiger partial charge in [0.05, 0.1) is 25.3 Å². The number of nitrogens with two attached hydrogens (primary N) is 1. The molecule has 0 bridgehead atoms. The summed E-state index contributed by atoms with van der Waals surface area (Å²) in [6.07, 6.45) is 1.94. The number of quaternary nitrogens is 1. The lowest BCUT2D eigenvalue weighted by Crippen LogP contribution is -2.89. The quantitative estimate of drug-likeness (QED) is 0.470. The van der Waals surface area contributed by atoms with Crippen LogP contribution >= 0.6 is 27.5 Å². The zero-order valence-corrected chi connectivity index (χ0v) is 19.4. The van der Waals surface area contributed by atoms with Crippen LogP contribution in [0, 0.1) is 0 Å². The standard InChI is InChI=1S/C24H22BrClN2O3/c1-30-21-11-8-15(25)12-18(21)24-27-19(14-6-9-16(26)10-7-14)13-20(28-24)17-4-3-5-22(31-2)23(17)29/h3-13,20,24,27-29H,1-2H3/p+1. The third-order valence-corrected chi connectivity index (χ3v) is 6.09. The zero-order chi connectivity index (χ0) is 22.0. The Labute approximate surface area is 194 Å². The van der Waals surface area contributed by atoms with Crippen molar-refractivity contribution in [1.29, 1.82) is 0 Å². The Morgan fingerprint density at radius 1 is 0.968 bits per heavy atom. The van der Waals surface area contributed by atoms with Gasteiger partial charge in [-0.1, -0.05) is 45.7 Å². The lowest BCUT2D eigenvalue weighted by atomic mass is 9.97. The molecule has 31 heavy (non-hydrogen) atoms. The van der Waals surface area contributed by atoms with Gasteiger partial charge in [0, 0.05) is 21.3 Å². The number of aromatic hydroxyl groups is 1. The number of ether oxygens (including phenoxy) is 2. The van der Waals surface area contributed by atoms with Crippen molar-refractivity contribution < 1.29 is 19.9 Å². The van der Waals surface area contributed by atoms with Crippen LogP contribution in [0.3, 0.4) is 0 Å². The Bertz CT molecular complexity index is 1120. The molecule has 3 aromatic rings. The minimum Gasteiger partial charge on any atom is -0.504 e. The summed E-state index contributed by atoms with van der Waals surface area (Å²) in [6.45, 7) is 0. The summed E-state index contributed by atoms with van der Waals surface area (Å²) in [5.41, 5.74) is 3.71. The van der Waals surface area contributed by atoms with E-state index in [9.17, 15) is 5.11 Å². The maximum atomic E-state index is 10.8. The normalized spacial score (nSPS) is 18.1. The second kappa shape index (κ2) is 9.22. The van der Waals surface area contributed by atoms with Crippen molar-refractivity contribution in [3.63, 3.8) is 0 Å². The van der Waals surface area contributed by atoms with Crippen molar-refractivity contribution in [3.8, 4) is 17.2 Å². The van der Waals surface area contributed by atoms with Gasteiger partial charge in [-0.2, -0.15) is 0 Å². The highest BCUT2D eigenvalue weighted by molar-refractivity contribution is 9.10. The van der Waals surface area contributed by atoms with E-state index in [-0.39, 0.29) is 18.0 Å². The van der Waals surface area contributed by atoms with E-state index >= 15 is 0 Å². The molecule has 2 unspecified atom stereocenters. The molecule has 5 nitrogen and oxygen atoms in total. The second-order valence-electron chi connectivity index (χ2n) is 7.21. The molecule has 0 saturated heterocycles. The molecule has 1 heterocycles. The summed E-state index contributed by atoms with van der Waals surface area (Å²) in [6, 6.07) is 19.0. The minimum absolute atomic E-state index is 0.139. The van der Waals surface area contributed by atoms with E-state index in [1.54, 1.807) is 20.3 Å². The zero-order valence-electron chi connectivity index (χ0n) is 17.1. The van der Waals surface area contributed by atoms with E-state index < -0.39 is 0 Å². The highest BCUT2D eigenvalue weighted by Crippen LogP contribution is 2.36. The number of halogens is 2. The third kappa shape index (κ3) is 4.51. The summed E-state index contributed by atoms with van der Waals surface area (Å²) in [4.78, 5) is 0. The molecule has 0 amide bonds. The molecule has 0 saturated carbocycles. The first-order chi connectivity index (χ1) is 15.0. The van der Waals surface area contributed by atoms with Crippen LogP contribution < -0.4 is 20.1 Å². The van der Waals surface area contributed by atoms with E-state index in [0.29, 0.717) is 10.8 Å². The molecule has 0 aliphatic carbocycles. The maximum Gasteiger partial charge on any atom is 0.190 e. The van der Waals surface area contributed by atoms with Crippen molar-refractivity contribution in [1.82, 2.24) is 5.32 Å². The fourth-order valence-electron chi connectivity index (χ4n) is 3.81. The lowest BCUT2D eigenvalue weighted by Gasteiger charge is -2.31. The van der Waals surface area contributed by atoms with Crippen LogP contribution in [-0.4, -0.2) is 19.3 Å². The van der Waals surface area contributed by atoms with Crippen LogP contribution in [0.1, 0.15) is 28.9 Å². The van der Waals surface area contributed by atoms with Crippen LogP contribution in [0.2, 0.25) is 5.02 Å². The van der Waals surface area contributed by atoms with Crippen LogP contribution in [0.15, 0.2) is 71.2 Å². The van der Waals surface area contributed by atoms with Crippen LogP contribution in [-0.2, 0) is 0 Å². The molecule has 0 spiro atoms. The molecule has 0 radical (unpaired) electrons. The molecule has 0 aromatic heterocycles. The predicted octanol–water partition coefficient (Wildman–Crippen LogP) is 4.77. The molecule has 1 aliphatic heterocycles. The van der Waals surface area contributed by atoms with Gasteiger partial charge in [0.25, 0.3) is 0 Å². The monoisotopic (exact) mass is 501 g/mol. The average Bonchev–Trinajstić information content (AvgIpc) is 2.79. The van der Waals surface area contributed by atoms with Gasteiger partial charge in [0.2, 0.25) is 0 Å². The Balaban J connectivity index is 1.81.